The summed E-state index contributed by atoms with van der Waals surface area (Å²) in [5.74, 6) is 0.813. The van der Waals surface area contributed by atoms with E-state index in [2.05, 4.69) is 35.7 Å². The van der Waals surface area contributed by atoms with E-state index in [1.54, 1.807) is 15.6 Å². The first-order chi connectivity index (χ1) is 21.9. The van der Waals surface area contributed by atoms with Gasteiger partial charge in [-0.25, -0.2) is 4.79 Å². The molecule has 3 aliphatic rings. The molecular formula is C32H44N12O2. The number of amides is 1. The largest absolute Gasteiger partial charge is 0.443 e. The number of fused-ring (bicyclic) bond motifs is 3. The number of aryl methyl sites for hydroxylation is 7. The van der Waals surface area contributed by atoms with Crippen LogP contribution in [0.5, 0.6) is 0 Å². The maximum atomic E-state index is 12.1. The first kappa shape index (κ1) is 32.5. The molecule has 46 heavy (non-hydrogen) atoms. The van der Waals surface area contributed by atoms with Gasteiger partial charge in [0.15, 0.2) is 11.5 Å². The van der Waals surface area contributed by atoms with E-state index in [0.29, 0.717) is 12.2 Å². The lowest BCUT2D eigenvalue weighted by Crippen LogP contribution is -2.39. The number of hydrogen-bond acceptors (Lipinski definition) is 10. The average Bonchev–Trinajstić information content (AvgIpc) is 3.70. The van der Waals surface area contributed by atoms with Gasteiger partial charge < -0.3 is 15.0 Å². The number of hydrogen-bond donors (Lipinski definition) is 1. The summed E-state index contributed by atoms with van der Waals surface area (Å²) in [6, 6.07) is 3.78. The predicted octanol–water partition coefficient (Wildman–Crippen LogP) is 4.36. The first-order valence-electron chi connectivity index (χ1n) is 15.8. The summed E-state index contributed by atoms with van der Waals surface area (Å²) < 4.78 is 10.8. The van der Waals surface area contributed by atoms with Crippen LogP contribution in [0.1, 0.15) is 68.4 Å². The van der Waals surface area contributed by atoms with Crippen LogP contribution in [-0.2, 0) is 45.1 Å². The molecule has 14 heteroatoms. The fraction of sp³-hybridized carbons (Fsp3) is 0.531. The summed E-state index contributed by atoms with van der Waals surface area (Å²) in [5.41, 5.74) is 7.33. The number of nitriles is 1. The minimum absolute atomic E-state index is 0.286. The zero-order chi connectivity index (χ0) is 33.0. The Labute approximate surface area is 269 Å². The number of ether oxygens (including phenoxy) is 1. The Morgan fingerprint density at radius 2 is 1.48 bits per heavy atom. The van der Waals surface area contributed by atoms with Crippen LogP contribution in [0.3, 0.4) is 0 Å². The Morgan fingerprint density at radius 3 is 2.13 bits per heavy atom. The number of nitrogens with zero attached hydrogens (tertiary/aromatic N) is 11. The smallest absolute Gasteiger partial charge is 0.414 e. The second kappa shape index (κ2) is 13.6. The van der Waals surface area contributed by atoms with Crippen molar-refractivity contribution in [3.8, 4) is 6.07 Å². The summed E-state index contributed by atoms with van der Waals surface area (Å²) in [4.78, 5) is 15.9. The molecule has 0 fully saturated rings. The van der Waals surface area contributed by atoms with Gasteiger partial charge in [-0.05, 0) is 77.8 Å². The van der Waals surface area contributed by atoms with Crippen LogP contribution in [0.15, 0.2) is 24.7 Å². The molecule has 0 bridgehead atoms. The third-order valence-corrected chi connectivity index (χ3v) is 7.69. The van der Waals surface area contributed by atoms with E-state index in [4.69, 9.17) is 10.00 Å². The monoisotopic (exact) mass is 628 g/mol. The quantitative estimate of drug-likeness (QED) is 0.322. The molecule has 0 aromatic carbocycles. The maximum absolute atomic E-state index is 12.1. The van der Waals surface area contributed by atoms with E-state index >= 15 is 0 Å². The highest BCUT2D eigenvalue weighted by molar-refractivity contribution is 5.89. The van der Waals surface area contributed by atoms with Crippen molar-refractivity contribution in [3.63, 3.8) is 0 Å². The molecule has 0 saturated carbocycles. The summed E-state index contributed by atoms with van der Waals surface area (Å²) in [5, 5.41) is 33.4. The first-order valence-corrected chi connectivity index (χ1v) is 15.8. The van der Waals surface area contributed by atoms with E-state index in [0.717, 1.165) is 79.3 Å². The summed E-state index contributed by atoms with van der Waals surface area (Å²) in [6.07, 6.45) is 11.9. The van der Waals surface area contributed by atoms with Crippen LogP contribution in [0.25, 0.3) is 0 Å². The fourth-order valence-electron chi connectivity index (χ4n) is 5.77. The van der Waals surface area contributed by atoms with Crippen LogP contribution in [0.2, 0.25) is 0 Å². The van der Waals surface area contributed by atoms with Crippen molar-refractivity contribution in [1.29, 1.82) is 5.26 Å². The standard InChI is InChI=1S/C13H14N6.C12H19N3O2.C7H11N3/c1-9-6-10(7-14)15-16-13(9)19-5-3-4-11-12(19)8-18(2)17-11;1-12(2,3)17-11(16)15-7-5-6-9-10(15)8-14(4)13-9;1-10-5-7-6(9-10)3-2-4-8-7/h6,8H,3-5H2,1-2H3;8H,5-7H2,1-4H3;5,8H,2-4H2,1H3. The van der Waals surface area contributed by atoms with Crippen molar-refractivity contribution >= 4 is 29.0 Å². The Morgan fingerprint density at radius 1 is 0.870 bits per heavy atom. The Kier molecular flexibility index (Phi) is 9.60. The van der Waals surface area contributed by atoms with Gasteiger partial charge in [-0.1, -0.05) is 0 Å². The molecule has 1 N–H and O–H groups in total. The minimum Gasteiger partial charge on any atom is -0.443 e. The molecule has 3 aliphatic heterocycles. The molecule has 0 radical (unpaired) electrons. The molecule has 4 aromatic rings. The highest BCUT2D eigenvalue weighted by atomic mass is 16.6. The van der Waals surface area contributed by atoms with Crippen molar-refractivity contribution in [2.75, 3.05) is 34.8 Å². The number of anilines is 4. The Bertz CT molecular complexity index is 1700. The highest BCUT2D eigenvalue weighted by Crippen LogP contribution is 2.33. The molecule has 0 aliphatic carbocycles. The highest BCUT2D eigenvalue weighted by Gasteiger charge is 2.29. The molecule has 0 saturated heterocycles. The zero-order valence-corrected chi connectivity index (χ0v) is 27.9. The van der Waals surface area contributed by atoms with Gasteiger partial charge in [0, 0.05) is 59.4 Å². The predicted molar refractivity (Wildman–Crippen MR) is 175 cm³/mol. The van der Waals surface area contributed by atoms with Gasteiger partial charge in [0.25, 0.3) is 0 Å². The van der Waals surface area contributed by atoms with Gasteiger partial charge in [-0.2, -0.15) is 20.6 Å². The minimum atomic E-state index is -0.461. The van der Waals surface area contributed by atoms with Crippen molar-refractivity contribution in [1.82, 2.24) is 39.5 Å². The molecule has 7 rings (SSSR count). The van der Waals surface area contributed by atoms with Gasteiger partial charge in [0.2, 0.25) is 0 Å². The van der Waals surface area contributed by atoms with Gasteiger partial charge in [0.05, 0.1) is 34.1 Å². The van der Waals surface area contributed by atoms with Crippen molar-refractivity contribution in [3.05, 3.63) is 53.0 Å². The summed E-state index contributed by atoms with van der Waals surface area (Å²) >= 11 is 0. The number of rotatable bonds is 1. The Hall–Kier alpha value is -4.93. The molecule has 0 atom stereocenters. The van der Waals surface area contributed by atoms with Crippen LogP contribution in [-0.4, -0.2) is 70.9 Å². The lowest BCUT2D eigenvalue weighted by atomic mass is 10.1. The molecule has 14 nitrogen and oxygen atoms in total. The second-order valence-electron chi connectivity index (χ2n) is 12.8. The molecule has 1 amide bonds. The molecule has 0 spiro atoms. The summed E-state index contributed by atoms with van der Waals surface area (Å²) in [7, 11) is 5.75. The van der Waals surface area contributed by atoms with Gasteiger partial charge >= 0.3 is 6.09 Å². The van der Waals surface area contributed by atoms with E-state index in [-0.39, 0.29) is 6.09 Å². The normalized spacial score (nSPS) is 15.1. The van der Waals surface area contributed by atoms with E-state index in [9.17, 15) is 4.79 Å². The van der Waals surface area contributed by atoms with Crippen molar-refractivity contribution < 1.29 is 9.53 Å². The summed E-state index contributed by atoms with van der Waals surface area (Å²) in [6.45, 7) is 10.3. The SMILES string of the molecule is Cc1cc(C#N)nnc1N1CCCc2nn(C)cc21.Cn1cc2c(n1)CCCN2.Cn1cc2c(n1)CCCN2C(=O)OC(C)(C)C. The average molecular weight is 629 g/mol. The van der Waals surface area contributed by atoms with E-state index < -0.39 is 5.60 Å². The van der Waals surface area contributed by atoms with Gasteiger partial charge in [0.1, 0.15) is 11.7 Å². The lowest BCUT2D eigenvalue weighted by molar-refractivity contribution is 0.0577. The third-order valence-electron chi connectivity index (χ3n) is 7.69. The molecule has 7 heterocycles. The van der Waals surface area contributed by atoms with Crippen LogP contribution >= 0.6 is 0 Å². The molecule has 0 unspecified atom stereocenters. The third kappa shape index (κ3) is 7.64. The molecular weight excluding hydrogens is 584 g/mol. The fourth-order valence-corrected chi connectivity index (χ4v) is 5.77. The number of carbonyl (C=O) groups excluding carboxylic acids is 1. The van der Waals surface area contributed by atoms with Crippen LogP contribution in [0.4, 0.5) is 27.7 Å². The molecule has 244 valence electrons. The Balaban J connectivity index is 0.000000142. The maximum Gasteiger partial charge on any atom is 0.414 e. The number of carbonyl (C=O) groups is 1. The van der Waals surface area contributed by atoms with E-state index in [1.807, 2.05) is 82.9 Å². The number of nitrogens with one attached hydrogen (secondary N) is 1. The van der Waals surface area contributed by atoms with Crippen LogP contribution < -0.4 is 15.1 Å². The number of aromatic nitrogens is 8. The second-order valence-corrected chi connectivity index (χ2v) is 12.8. The lowest BCUT2D eigenvalue weighted by Gasteiger charge is -2.29. The van der Waals surface area contributed by atoms with Crippen LogP contribution in [0, 0.1) is 18.3 Å². The van der Waals surface area contributed by atoms with E-state index in [1.165, 1.54) is 17.8 Å². The van der Waals surface area contributed by atoms with Crippen molar-refractivity contribution in [2.45, 2.75) is 71.8 Å². The van der Waals surface area contributed by atoms with Crippen molar-refractivity contribution in [2.24, 2.45) is 21.1 Å². The molecule has 4 aromatic heterocycles. The van der Waals surface area contributed by atoms with Gasteiger partial charge in [-0.3, -0.25) is 18.9 Å². The zero-order valence-electron chi connectivity index (χ0n) is 27.9. The topological polar surface area (TPSA) is 148 Å². The van der Waals surface area contributed by atoms with Gasteiger partial charge in [-0.15, -0.1) is 10.2 Å².